The Hall–Kier alpha value is -2.41. The van der Waals surface area contributed by atoms with Crippen molar-refractivity contribution in [2.24, 2.45) is 0 Å². The molecule has 0 saturated carbocycles. The van der Waals surface area contributed by atoms with E-state index in [1.165, 1.54) is 0 Å². The SMILES string of the molecule is N#Cc1cccc(COc2cc(F)ccc2F)c1. The van der Waals surface area contributed by atoms with Crippen LogP contribution in [0.25, 0.3) is 0 Å². The monoisotopic (exact) mass is 245 g/mol. The number of nitriles is 1. The van der Waals surface area contributed by atoms with Crippen LogP contribution in [0.1, 0.15) is 11.1 Å². The molecular weight excluding hydrogens is 236 g/mol. The van der Waals surface area contributed by atoms with Gasteiger partial charge in [0.05, 0.1) is 11.6 Å². The third kappa shape index (κ3) is 2.83. The van der Waals surface area contributed by atoms with Crippen molar-refractivity contribution < 1.29 is 13.5 Å². The molecule has 0 radical (unpaired) electrons. The Morgan fingerprint density at radius 2 is 1.94 bits per heavy atom. The summed E-state index contributed by atoms with van der Waals surface area (Å²) in [5.41, 5.74) is 1.22. The maximum atomic E-state index is 13.3. The zero-order valence-corrected chi connectivity index (χ0v) is 9.36. The number of hydrogen-bond acceptors (Lipinski definition) is 2. The van der Waals surface area contributed by atoms with Crippen LogP contribution in [0.3, 0.4) is 0 Å². The zero-order chi connectivity index (χ0) is 13.0. The van der Waals surface area contributed by atoms with Crippen LogP contribution in [0.15, 0.2) is 42.5 Å². The van der Waals surface area contributed by atoms with Crippen LogP contribution in [-0.2, 0) is 6.61 Å². The summed E-state index contributed by atoms with van der Waals surface area (Å²) >= 11 is 0. The van der Waals surface area contributed by atoms with Gasteiger partial charge in [0.1, 0.15) is 12.4 Å². The Labute approximate surface area is 103 Å². The van der Waals surface area contributed by atoms with Gasteiger partial charge in [0, 0.05) is 6.07 Å². The Morgan fingerprint density at radius 3 is 2.72 bits per heavy atom. The number of nitrogens with zero attached hydrogens (tertiary/aromatic N) is 1. The summed E-state index contributed by atoms with van der Waals surface area (Å²) < 4.78 is 31.4. The molecular formula is C14H9F2NO. The first kappa shape index (κ1) is 12.1. The minimum absolute atomic E-state index is 0.0793. The standard InChI is InChI=1S/C14H9F2NO/c15-12-4-5-13(16)14(7-12)18-9-11-3-1-2-10(6-11)8-17/h1-7H,9H2. The van der Waals surface area contributed by atoms with Gasteiger partial charge in [0.25, 0.3) is 0 Å². The fourth-order valence-corrected chi connectivity index (χ4v) is 1.48. The van der Waals surface area contributed by atoms with Crippen molar-refractivity contribution in [1.82, 2.24) is 0 Å². The number of hydrogen-bond donors (Lipinski definition) is 0. The lowest BCUT2D eigenvalue weighted by atomic mass is 10.1. The molecule has 0 heterocycles. The Bertz CT molecular complexity index is 605. The van der Waals surface area contributed by atoms with Gasteiger partial charge in [-0.05, 0) is 29.8 Å². The molecule has 0 fully saturated rings. The summed E-state index contributed by atoms with van der Waals surface area (Å²) in [6.07, 6.45) is 0. The second-order valence-corrected chi connectivity index (χ2v) is 3.68. The molecule has 90 valence electrons. The van der Waals surface area contributed by atoms with Gasteiger partial charge in [-0.2, -0.15) is 5.26 Å². The van der Waals surface area contributed by atoms with E-state index in [9.17, 15) is 8.78 Å². The molecule has 4 heteroatoms. The molecule has 18 heavy (non-hydrogen) atoms. The smallest absolute Gasteiger partial charge is 0.165 e. The van der Waals surface area contributed by atoms with Crippen LogP contribution in [0.4, 0.5) is 8.78 Å². The highest BCUT2D eigenvalue weighted by atomic mass is 19.1. The predicted octanol–water partition coefficient (Wildman–Crippen LogP) is 3.42. The van der Waals surface area contributed by atoms with Crippen molar-refractivity contribution in [3.05, 3.63) is 65.2 Å². The van der Waals surface area contributed by atoms with E-state index in [2.05, 4.69) is 0 Å². The molecule has 0 bridgehead atoms. The Morgan fingerprint density at radius 1 is 1.11 bits per heavy atom. The maximum absolute atomic E-state index is 13.3. The normalized spacial score (nSPS) is 9.83. The molecule has 0 aliphatic rings. The molecule has 0 amide bonds. The third-order valence-corrected chi connectivity index (χ3v) is 2.34. The number of rotatable bonds is 3. The quantitative estimate of drug-likeness (QED) is 0.830. The summed E-state index contributed by atoms with van der Waals surface area (Å²) in [5, 5.41) is 8.73. The minimum atomic E-state index is -0.618. The largest absolute Gasteiger partial charge is 0.486 e. The highest BCUT2D eigenvalue weighted by Gasteiger charge is 2.05. The maximum Gasteiger partial charge on any atom is 0.165 e. The molecule has 2 aromatic carbocycles. The number of ether oxygens (including phenoxy) is 1. The summed E-state index contributed by atoms with van der Waals surface area (Å²) in [4.78, 5) is 0. The summed E-state index contributed by atoms with van der Waals surface area (Å²) in [7, 11) is 0. The number of benzene rings is 2. The third-order valence-electron chi connectivity index (χ3n) is 2.34. The summed E-state index contributed by atoms with van der Waals surface area (Å²) in [5.74, 6) is -1.32. The first-order chi connectivity index (χ1) is 8.69. The molecule has 0 spiro atoms. The molecule has 2 nitrogen and oxygen atoms in total. The van der Waals surface area contributed by atoms with Gasteiger partial charge in [0.2, 0.25) is 0 Å². The van der Waals surface area contributed by atoms with Crippen molar-refractivity contribution >= 4 is 0 Å². The summed E-state index contributed by atoms with van der Waals surface area (Å²) in [6, 6.07) is 11.8. The van der Waals surface area contributed by atoms with E-state index in [1.54, 1.807) is 24.3 Å². The summed E-state index contributed by atoms with van der Waals surface area (Å²) in [6.45, 7) is 0.0793. The molecule has 0 saturated heterocycles. The lowest BCUT2D eigenvalue weighted by Crippen LogP contribution is -1.98. The van der Waals surface area contributed by atoms with Crippen LogP contribution in [0, 0.1) is 23.0 Å². The molecule has 0 aromatic heterocycles. The fourth-order valence-electron chi connectivity index (χ4n) is 1.48. The van der Waals surface area contributed by atoms with Crippen LogP contribution in [0.2, 0.25) is 0 Å². The second-order valence-electron chi connectivity index (χ2n) is 3.68. The predicted molar refractivity (Wildman–Crippen MR) is 61.8 cm³/mol. The zero-order valence-electron chi connectivity index (χ0n) is 9.36. The van der Waals surface area contributed by atoms with Gasteiger partial charge in [0.15, 0.2) is 11.6 Å². The topological polar surface area (TPSA) is 33.0 Å². The van der Waals surface area contributed by atoms with Crippen LogP contribution >= 0.6 is 0 Å². The highest BCUT2D eigenvalue weighted by molar-refractivity contribution is 5.33. The van der Waals surface area contributed by atoms with E-state index < -0.39 is 11.6 Å². The van der Waals surface area contributed by atoms with Crippen molar-refractivity contribution in [3.63, 3.8) is 0 Å². The lowest BCUT2D eigenvalue weighted by molar-refractivity contribution is 0.288. The van der Waals surface area contributed by atoms with Gasteiger partial charge in [-0.25, -0.2) is 8.78 Å². The van der Waals surface area contributed by atoms with Gasteiger partial charge >= 0.3 is 0 Å². The van der Waals surface area contributed by atoms with Crippen LogP contribution in [0.5, 0.6) is 5.75 Å². The molecule has 0 unspecified atom stereocenters. The van der Waals surface area contributed by atoms with Crippen LogP contribution in [-0.4, -0.2) is 0 Å². The lowest BCUT2D eigenvalue weighted by Gasteiger charge is -2.07. The van der Waals surface area contributed by atoms with E-state index in [-0.39, 0.29) is 12.4 Å². The first-order valence-corrected chi connectivity index (χ1v) is 5.26. The van der Waals surface area contributed by atoms with Crippen molar-refractivity contribution in [2.75, 3.05) is 0 Å². The highest BCUT2D eigenvalue weighted by Crippen LogP contribution is 2.19. The fraction of sp³-hybridized carbons (Fsp3) is 0.0714. The van der Waals surface area contributed by atoms with E-state index in [0.29, 0.717) is 5.56 Å². The minimum Gasteiger partial charge on any atom is -0.486 e. The van der Waals surface area contributed by atoms with E-state index >= 15 is 0 Å². The second kappa shape index (κ2) is 5.28. The first-order valence-electron chi connectivity index (χ1n) is 5.26. The molecule has 2 aromatic rings. The number of halogens is 2. The Kier molecular flexibility index (Phi) is 3.54. The molecule has 0 aliphatic heterocycles. The molecule has 0 atom stereocenters. The van der Waals surface area contributed by atoms with Crippen LogP contribution < -0.4 is 4.74 Å². The van der Waals surface area contributed by atoms with Gasteiger partial charge in [-0.1, -0.05) is 12.1 Å². The van der Waals surface area contributed by atoms with Gasteiger partial charge in [-0.3, -0.25) is 0 Å². The van der Waals surface area contributed by atoms with Crippen molar-refractivity contribution in [1.29, 1.82) is 5.26 Å². The molecule has 2 rings (SSSR count). The average molecular weight is 245 g/mol. The van der Waals surface area contributed by atoms with E-state index in [0.717, 1.165) is 23.8 Å². The molecule has 0 N–H and O–H groups in total. The average Bonchev–Trinajstić information content (AvgIpc) is 2.40. The Balaban J connectivity index is 2.11. The van der Waals surface area contributed by atoms with Gasteiger partial charge in [-0.15, -0.1) is 0 Å². The van der Waals surface area contributed by atoms with Gasteiger partial charge < -0.3 is 4.74 Å². The van der Waals surface area contributed by atoms with Crippen molar-refractivity contribution in [2.45, 2.75) is 6.61 Å². The molecule has 0 aliphatic carbocycles. The van der Waals surface area contributed by atoms with E-state index in [1.807, 2.05) is 6.07 Å². The van der Waals surface area contributed by atoms with Crippen molar-refractivity contribution in [3.8, 4) is 11.8 Å². The van der Waals surface area contributed by atoms with E-state index in [4.69, 9.17) is 10.00 Å².